The maximum Gasteiger partial charge on any atom is 0.326 e. The molecule has 3 aliphatic heterocycles. The predicted molar refractivity (Wildman–Crippen MR) is 211 cm³/mol. The number of carbonyl (C=O) groups is 2. The Morgan fingerprint density at radius 2 is 1.44 bits per heavy atom. The smallest absolute Gasteiger partial charge is 0.326 e. The molecule has 3 aliphatic rings. The van der Waals surface area contributed by atoms with Crippen LogP contribution in [0.5, 0.6) is 5.75 Å². The first kappa shape index (κ1) is 38.8. The average molecular weight is 726 g/mol. The van der Waals surface area contributed by atoms with Crippen LogP contribution in [0.1, 0.15) is 73.2 Å². The van der Waals surface area contributed by atoms with Gasteiger partial charge in [-0.3, -0.25) is 19.6 Å². The van der Waals surface area contributed by atoms with E-state index in [1.54, 1.807) is 0 Å². The van der Waals surface area contributed by atoms with Gasteiger partial charge in [0, 0.05) is 39.3 Å². The third-order valence-electron chi connectivity index (χ3n) is 10.1. The third-order valence-corrected chi connectivity index (χ3v) is 10.1. The molecule has 2 atom stereocenters. The molecule has 0 bridgehead atoms. The second-order valence-electron chi connectivity index (χ2n) is 14.4. The van der Waals surface area contributed by atoms with Crippen LogP contribution < -0.4 is 4.74 Å². The van der Waals surface area contributed by atoms with Crippen LogP contribution in [0.25, 0.3) is 12.2 Å². The van der Waals surface area contributed by atoms with E-state index >= 15 is 4.79 Å². The highest BCUT2D eigenvalue weighted by molar-refractivity contribution is 6.11. The fraction of sp³-hybridized carbons (Fsp3) is 0.405. The number of halogens is 1. The number of ether oxygens (including phenoxy) is 2. The highest BCUT2D eigenvalue weighted by Crippen LogP contribution is 2.45. The van der Waals surface area contributed by atoms with Gasteiger partial charge in [-0.1, -0.05) is 101 Å². The van der Waals surface area contributed by atoms with Crippen molar-refractivity contribution in [2.24, 2.45) is 4.99 Å². The average Bonchev–Trinajstić information content (AvgIpc) is 3.55. The Kier molecular flexibility index (Phi) is 12.6. The molecule has 0 saturated carbocycles. The Labute approximate surface area is 315 Å². The van der Waals surface area contributed by atoms with Crippen molar-refractivity contribution in [2.75, 3.05) is 65.6 Å². The van der Waals surface area contributed by atoms with Crippen LogP contribution in [-0.4, -0.2) is 103 Å². The molecule has 2 fully saturated rings. The van der Waals surface area contributed by atoms with E-state index in [0.29, 0.717) is 77.2 Å². The summed E-state index contributed by atoms with van der Waals surface area (Å²) < 4.78 is 11.7. The van der Waals surface area contributed by atoms with Crippen molar-refractivity contribution in [3.63, 3.8) is 0 Å². The van der Waals surface area contributed by atoms with Crippen molar-refractivity contribution in [3.05, 3.63) is 113 Å². The largest absolute Gasteiger partial charge is 0.493 e. The van der Waals surface area contributed by atoms with E-state index in [9.17, 15) is 4.79 Å². The van der Waals surface area contributed by atoms with Crippen LogP contribution in [-0.2, 0) is 14.9 Å². The summed E-state index contributed by atoms with van der Waals surface area (Å²) >= 11 is 0. The zero-order valence-corrected chi connectivity index (χ0v) is 31.7. The van der Waals surface area contributed by atoms with Crippen LogP contribution in [0, 0.1) is 0 Å². The third kappa shape index (κ3) is 8.44. The number of amidine groups is 1. The number of morpholine rings is 1. The first-order chi connectivity index (χ1) is 24.6. The Morgan fingerprint density at radius 3 is 2.00 bits per heavy atom. The van der Waals surface area contributed by atoms with Crippen molar-refractivity contribution < 1.29 is 19.1 Å². The Hall–Kier alpha value is -4.44. The molecule has 3 aromatic carbocycles. The molecule has 0 aliphatic carbocycles. The SMILES string of the molecule is C=Cc1ccc([C@@H]2[C@H](c3ccc(C=C)cc3)N=C(c3ccc(C(C)(C)C)cc3OCC)N2C(=O)N2CCN(CC(=O)N3CCOCC3)CC2)cc1.Cl. The van der Waals surface area contributed by atoms with E-state index < -0.39 is 6.04 Å². The molecule has 0 aromatic heterocycles. The fourth-order valence-electron chi connectivity index (χ4n) is 7.00. The van der Waals surface area contributed by atoms with E-state index in [4.69, 9.17) is 14.5 Å². The van der Waals surface area contributed by atoms with Crippen molar-refractivity contribution >= 4 is 42.3 Å². The predicted octanol–water partition coefficient (Wildman–Crippen LogP) is 7.23. The van der Waals surface area contributed by atoms with Gasteiger partial charge in [-0.05, 0) is 52.3 Å². The summed E-state index contributed by atoms with van der Waals surface area (Å²) in [5.74, 6) is 1.41. The standard InChI is InChI=1S/C42H51N5O4.ClH/c1-7-30-10-14-32(15-11-30)38-39(33-16-12-31(8-2)13-17-33)47(40(43-38)35-19-18-34(42(4,5)6)28-36(35)51-9-3)41(49)46-22-20-44(21-23-46)29-37(48)45-24-26-50-27-25-45;/h7-8,10-19,28,38-39H,1-2,9,20-27,29H2,3-6H3;1H/t38-,39+;/m0./s1. The van der Waals surface area contributed by atoms with Gasteiger partial charge in [0.2, 0.25) is 5.91 Å². The van der Waals surface area contributed by atoms with Crippen molar-refractivity contribution in [3.8, 4) is 5.75 Å². The molecule has 0 N–H and O–H groups in total. The highest BCUT2D eigenvalue weighted by Gasteiger charge is 2.45. The van der Waals surface area contributed by atoms with E-state index in [-0.39, 0.29) is 35.8 Å². The molecular weight excluding hydrogens is 674 g/mol. The first-order valence-corrected chi connectivity index (χ1v) is 18.1. The number of hydrogen-bond donors (Lipinski definition) is 0. The molecule has 3 amide bonds. The van der Waals surface area contributed by atoms with Crippen LogP contribution >= 0.6 is 12.4 Å². The molecule has 9 nitrogen and oxygen atoms in total. The lowest BCUT2D eigenvalue weighted by Crippen LogP contribution is -2.56. The van der Waals surface area contributed by atoms with Gasteiger partial charge in [0.15, 0.2) is 0 Å². The van der Waals surface area contributed by atoms with E-state index in [1.165, 1.54) is 0 Å². The Bertz CT molecular complexity index is 1750. The highest BCUT2D eigenvalue weighted by atomic mass is 35.5. The molecule has 3 heterocycles. The Morgan fingerprint density at radius 1 is 0.846 bits per heavy atom. The van der Waals surface area contributed by atoms with Crippen molar-refractivity contribution in [2.45, 2.75) is 45.2 Å². The number of benzene rings is 3. The molecule has 10 heteroatoms. The quantitative estimate of drug-likeness (QED) is 0.233. The summed E-state index contributed by atoms with van der Waals surface area (Å²) in [6, 6.07) is 21.8. The molecular formula is C42H52ClN5O4. The van der Waals surface area contributed by atoms with Crippen molar-refractivity contribution in [1.29, 1.82) is 0 Å². The fourth-order valence-corrected chi connectivity index (χ4v) is 7.00. The number of urea groups is 1. The maximum atomic E-state index is 15.0. The van der Waals surface area contributed by atoms with Crippen molar-refractivity contribution in [1.82, 2.24) is 19.6 Å². The number of carbonyl (C=O) groups excluding carboxylic acids is 2. The lowest BCUT2D eigenvalue weighted by molar-refractivity contribution is -0.136. The summed E-state index contributed by atoms with van der Waals surface area (Å²) in [5, 5.41) is 0. The Balaban J connectivity index is 0.00000523. The zero-order valence-electron chi connectivity index (χ0n) is 30.9. The van der Waals surface area contributed by atoms with Crippen LogP contribution in [0.15, 0.2) is 84.9 Å². The van der Waals surface area contributed by atoms with Gasteiger partial charge in [-0.25, -0.2) is 4.79 Å². The van der Waals surface area contributed by atoms with Gasteiger partial charge < -0.3 is 19.3 Å². The first-order valence-electron chi connectivity index (χ1n) is 18.1. The van der Waals surface area contributed by atoms with Crippen LogP contribution in [0.2, 0.25) is 0 Å². The summed E-state index contributed by atoms with van der Waals surface area (Å²) in [7, 11) is 0. The monoisotopic (exact) mass is 725 g/mol. The normalized spacial score (nSPS) is 19.5. The number of amides is 3. The number of hydrogen-bond acceptors (Lipinski definition) is 6. The molecule has 6 rings (SSSR count). The van der Waals surface area contributed by atoms with Crippen LogP contribution in [0.4, 0.5) is 4.79 Å². The van der Waals surface area contributed by atoms with Gasteiger partial charge in [-0.2, -0.15) is 0 Å². The maximum absolute atomic E-state index is 15.0. The number of rotatable bonds is 9. The second-order valence-corrected chi connectivity index (χ2v) is 14.4. The summed E-state index contributed by atoms with van der Waals surface area (Å²) in [6.07, 6.45) is 3.65. The van der Waals surface area contributed by atoms with E-state index in [1.807, 2.05) is 58.0 Å². The summed E-state index contributed by atoms with van der Waals surface area (Å²) in [4.78, 5) is 41.3. The minimum absolute atomic E-state index is 0. The summed E-state index contributed by atoms with van der Waals surface area (Å²) in [6.45, 7) is 21.9. The number of aliphatic imine (C=N–C) groups is 1. The molecule has 52 heavy (non-hydrogen) atoms. The van der Waals surface area contributed by atoms with Gasteiger partial charge in [0.25, 0.3) is 0 Å². The molecule has 0 unspecified atom stereocenters. The van der Waals surface area contributed by atoms with Gasteiger partial charge >= 0.3 is 6.03 Å². The van der Waals surface area contributed by atoms with Gasteiger partial charge in [0.1, 0.15) is 17.6 Å². The molecule has 2 saturated heterocycles. The molecule has 0 radical (unpaired) electrons. The lowest BCUT2D eigenvalue weighted by atomic mass is 9.86. The van der Waals surface area contributed by atoms with E-state index in [0.717, 1.165) is 33.4 Å². The topological polar surface area (TPSA) is 77.9 Å². The van der Waals surface area contributed by atoms with Gasteiger partial charge in [0.05, 0.1) is 38.0 Å². The molecule has 276 valence electrons. The van der Waals surface area contributed by atoms with Gasteiger partial charge in [-0.15, -0.1) is 12.4 Å². The number of piperazine rings is 1. The minimum atomic E-state index is -0.418. The minimum Gasteiger partial charge on any atom is -0.493 e. The summed E-state index contributed by atoms with van der Waals surface area (Å²) in [5.41, 5.74) is 5.83. The number of nitrogens with zero attached hydrogens (tertiary/aromatic N) is 5. The second kappa shape index (κ2) is 16.9. The molecule has 0 spiro atoms. The van der Waals surface area contributed by atoms with E-state index in [2.05, 4.69) is 81.3 Å². The molecule has 3 aromatic rings. The zero-order chi connectivity index (χ0) is 36.1. The van der Waals surface area contributed by atoms with Crippen LogP contribution in [0.3, 0.4) is 0 Å². The lowest BCUT2D eigenvalue weighted by Gasteiger charge is -2.39.